The first-order valence-corrected chi connectivity index (χ1v) is 11.4. The number of nitrogens with zero attached hydrogens (tertiary/aromatic N) is 4. The van der Waals surface area contributed by atoms with Gasteiger partial charge in [0.25, 0.3) is 0 Å². The van der Waals surface area contributed by atoms with Gasteiger partial charge in [0.2, 0.25) is 5.89 Å². The van der Waals surface area contributed by atoms with Gasteiger partial charge in [0.1, 0.15) is 5.76 Å². The van der Waals surface area contributed by atoms with Gasteiger partial charge in [-0.1, -0.05) is 0 Å². The molecule has 0 atom stereocenters. The largest absolute Gasteiger partial charge is 0.444 e. The zero-order valence-corrected chi connectivity index (χ0v) is 22.4. The molecule has 2 N–H and O–H groups in total. The Hall–Kier alpha value is -0.910. The molecule has 1 saturated heterocycles. The average Bonchev–Trinajstić information content (AvgIpc) is 3.04. The number of aliphatic imine (C=N–C) groups is 1. The summed E-state index contributed by atoms with van der Waals surface area (Å²) >= 11 is 0. The number of methoxy groups -OCH3 is 1. The van der Waals surface area contributed by atoms with Crippen LogP contribution in [0.2, 0.25) is 0 Å². The van der Waals surface area contributed by atoms with Gasteiger partial charge in [-0.15, -0.1) is 24.0 Å². The fraction of sp³-hybridized carbons (Fsp3) is 0.818. The van der Waals surface area contributed by atoms with E-state index in [4.69, 9.17) is 14.1 Å². The number of hydrogen-bond donors (Lipinski definition) is 2. The highest BCUT2D eigenvalue weighted by atomic mass is 127. The molecule has 2 rings (SSSR count). The van der Waals surface area contributed by atoms with Gasteiger partial charge in [0.15, 0.2) is 5.96 Å². The van der Waals surface area contributed by atoms with E-state index in [-0.39, 0.29) is 24.0 Å². The van der Waals surface area contributed by atoms with Gasteiger partial charge in [-0.3, -0.25) is 9.89 Å². The third-order valence-corrected chi connectivity index (χ3v) is 5.66. The molecule has 0 saturated carbocycles. The van der Waals surface area contributed by atoms with Crippen molar-refractivity contribution in [3.8, 4) is 0 Å². The quantitative estimate of drug-likeness (QED) is 0.179. The van der Waals surface area contributed by atoms with E-state index >= 15 is 0 Å². The second-order valence-corrected chi connectivity index (χ2v) is 8.26. The van der Waals surface area contributed by atoms with E-state index in [2.05, 4.69) is 39.4 Å². The summed E-state index contributed by atoms with van der Waals surface area (Å²) in [5.74, 6) is 3.34. The molecule has 180 valence electrons. The molecule has 8 nitrogen and oxygen atoms in total. The molecule has 1 aliphatic heterocycles. The summed E-state index contributed by atoms with van der Waals surface area (Å²) in [4.78, 5) is 14.1. The predicted molar refractivity (Wildman–Crippen MR) is 137 cm³/mol. The molecule has 31 heavy (non-hydrogen) atoms. The summed E-state index contributed by atoms with van der Waals surface area (Å²) in [6.45, 7) is 14.6. The third-order valence-electron chi connectivity index (χ3n) is 5.66. The van der Waals surface area contributed by atoms with Gasteiger partial charge < -0.3 is 24.7 Å². The monoisotopic (exact) mass is 550 g/mol. The number of ether oxygens (including phenoxy) is 1. The lowest BCUT2D eigenvalue weighted by atomic mass is 9.97. The molecule has 0 aliphatic carbocycles. The van der Waals surface area contributed by atoms with Gasteiger partial charge in [0, 0.05) is 46.4 Å². The predicted octanol–water partition coefficient (Wildman–Crippen LogP) is 2.64. The molecule has 0 bridgehead atoms. The van der Waals surface area contributed by atoms with Crippen LogP contribution >= 0.6 is 24.0 Å². The summed E-state index contributed by atoms with van der Waals surface area (Å²) in [6.07, 6.45) is 3.41. The molecule has 9 heteroatoms. The lowest BCUT2D eigenvalue weighted by Crippen LogP contribution is -2.41. The van der Waals surface area contributed by atoms with Gasteiger partial charge in [-0.25, -0.2) is 4.98 Å². The van der Waals surface area contributed by atoms with Crippen molar-refractivity contribution in [1.82, 2.24) is 25.4 Å². The number of likely N-dealkylation sites (tertiary alicyclic amines) is 1. The van der Waals surface area contributed by atoms with Crippen molar-refractivity contribution in [3.05, 3.63) is 17.3 Å². The van der Waals surface area contributed by atoms with E-state index in [1.807, 2.05) is 13.8 Å². The first kappa shape index (κ1) is 28.1. The van der Waals surface area contributed by atoms with Gasteiger partial charge in [-0.05, 0) is 66.1 Å². The Morgan fingerprint density at radius 1 is 1.26 bits per heavy atom. The van der Waals surface area contributed by atoms with Crippen molar-refractivity contribution in [2.45, 2.75) is 46.6 Å². The Balaban J connectivity index is 0.00000480. The Morgan fingerprint density at radius 2 is 2.00 bits per heavy atom. The van der Waals surface area contributed by atoms with E-state index in [1.165, 1.54) is 12.8 Å². The first-order chi connectivity index (χ1) is 14.5. The van der Waals surface area contributed by atoms with Crippen LogP contribution in [0, 0.1) is 19.8 Å². The summed E-state index contributed by atoms with van der Waals surface area (Å²) in [5.41, 5.74) is 0.999. The molecule has 0 unspecified atom stereocenters. The maximum atomic E-state index is 5.73. The van der Waals surface area contributed by atoms with Crippen molar-refractivity contribution in [2.24, 2.45) is 10.9 Å². The van der Waals surface area contributed by atoms with Crippen LogP contribution in [0.4, 0.5) is 0 Å². The molecule has 0 spiro atoms. The Labute approximate surface area is 205 Å². The van der Waals surface area contributed by atoms with Crippen LogP contribution in [0.15, 0.2) is 9.41 Å². The van der Waals surface area contributed by atoms with E-state index in [0.717, 1.165) is 88.7 Å². The second-order valence-electron chi connectivity index (χ2n) is 8.26. The first-order valence-electron chi connectivity index (χ1n) is 11.4. The Bertz CT molecular complexity index is 612. The lowest BCUT2D eigenvalue weighted by Gasteiger charge is -2.30. The van der Waals surface area contributed by atoms with Crippen LogP contribution in [-0.4, -0.2) is 87.3 Å². The van der Waals surface area contributed by atoms with Gasteiger partial charge >= 0.3 is 0 Å². The average molecular weight is 551 g/mol. The third kappa shape index (κ3) is 11.0. The Kier molecular flexibility index (Phi) is 14.4. The van der Waals surface area contributed by atoms with Crippen LogP contribution in [0.5, 0.6) is 0 Å². The molecule has 1 aromatic heterocycles. The fourth-order valence-electron chi connectivity index (χ4n) is 3.64. The number of hydrogen-bond acceptors (Lipinski definition) is 6. The number of rotatable bonds is 12. The highest BCUT2D eigenvalue weighted by molar-refractivity contribution is 14.0. The minimum atomic E-state index is 0. The topological polar surface area (TPSA) is 78.2 Å². The standard InChI is InChI=1S/C22H42N6O2.HI/c1-6-23-22(24-10-14-27(4)11-7-15-29-5)25-16-20-8-12-28(13-9-20)17-21-26-18(2)19(3)30-21;/h20H,6-17H2,1-5H3,(H2,23,24,25);1H. The number of aryl methyl sites for hydroxylation is 2. The molecule has 0 amide bonds. The molecule has 0 aromatic carbocycles. The highest BCUT2D eigenvalue weighted by Gasteiger charge is 2.21. The Morgan fingerprint density at radius 3 is 2.61 bits per heavy atom. The van der Waals surface area contributed by atoms with Gasteiger partial charge in [-0.2, -0.15) is 0 Å². The van der Waals surface area contributed by atoms with Crippen LogP contribution < -0.4 is 10.6 Å². The van der Waals surface area contributed by atoms with Crippen molar-refractivity contribution < 1.29 is 9.15 Å². The molecule has 1 aliphatic rings. The van der Waals surface area contributed by atoms with Crippen molar-refractivity contribution in [1.29, 1.82) is 0 Å². The number of halogens is 1. The number of oxazole rings is 1. The maximum absolute atomic E-state index is 5.73. The maximum Gasteiger partial charge on any atom is 0.208 e. The summed E-state index contributed by atoms with van der Waals surface area (Å²) < 4.78 is 10.8. The molecule has 0 radical (unpaired) electrons. The van der Waals surface area contributed by atoms with Crippen LogP contribution in [-0.2, 0) is 11.3 Å². The van der Waals surface area contributed by atoms with Crippen LogP contribution in [0.25, 0.3) is 0 Å². The molecule has 1 aromatic rings. The smallest absolute Gasteiger partial charge is 0.208 e. The van der Waals surface area contributed by atoms with Crippen molar-refractivity contribution >= 4 is 29.9 Å². The van der Waals surface area contributed by atoms with Crippen LogP contribution in [0.1, 0.15) is 43.5 Å². The number of nitrogens with one attached hydrogen (secondary N) is 2. The SMILES string of the molecule is CCNC(=NCC1CCN(Cc2nc(C)c(C)o2)CC1)NCCN(C)CCCOC.I. The van der Waals surface area contributed by atoms with Crippen molar-refractivity contribution in [3.63, 3.8) is 0 Å². The molecule has 2 heterocycles. The van der Waals surface area contributed by atoms with E-state index < -0.39 is 0 Å². The van der Waals surface area contributed by atoms with Crippen molar-refractivity contribution in [2.75, 3.05) is 66.6 Å². The van der Waals surface area contributed by atoms with E-state index in [0.29, 0.717) is 5.92 Å². The number of piperidine rings is 1. The lowest BCUT2D eigenvalue weighted by molar-refractivity contribution is 0.166. The zero-order chi connectivity index (χ0) is 21.8. The summed E-state index contributed by atoms with van der Waals surface area (Å²) in [6, 6.07) is 0. The molecular formula is C22H43IN6O2. The summed E-state index contributed by atoms with van der Waals surface area (Å²) in [7, 11) is 3.90. The highest BCUT2D eigenvalue weighted by Crippen LogP contribution is 2.20. The summed E-state index contributed by atoms with van der Waals surface area (Å²) in [5, 5.41) is 6.83. The normalized spacial score (nSPS) is 15.9. The van der Waals surface area contributed by atoms with E-state index in [9.17, 15) is 0 Å². The molecular weight excluding hydrogens is 507 g/mol. The zero-order valence-electron chi connectivity index (χ0n) is 20.1. The number of likely N-dealkylation sites (N-methyl/N-ethyl adjacent to an activating group) is 1. The minimum Gasteiger partial charge on any atom is -0.444 e. The second kappa shape index (κ2) is 15.8. The fourth-order valence-corrected chi connectivity index (χ4v) is 3.64. The van der Waals surface area contributed by atoms with Gasteiger partial charge in [0.05, 0.1) is 12.2 Å². The van der Waals surface area contributed by atoms with Crippen LogP contribution in [0.3, 0.4) is 0 Å². The minimum absolute atomic E-state index is 0. The number of aromatic nitrogens is 1. The van der Waals surface area contributed by atoms with E-state index in [1.54, 1.807) is 7.11 Å². The number of guanidine groups is 1. The molecule has 1 fully saturated rings.